The molecule has 11 nitrogen and oxygen atoms in total. The second kappa shape index (κ2) is 8.99. The predicted molar refractivity (Wildman–Crippen MR) is 72.0 cm³/mol. The monoisotopic (exact) mass is 363 g/mol. The summed E-state index contributed by atoms with van der Waals surface area (Å²) in [5.41, 5.74) is 5.38. The van der Waals surface area contributed by atoms with Crippen LogP contribution in [0.15, 0.2) is 0 Å². The number of hydrogen-bond acceptors (Lipinski definition) is 9. The highest BCUT2D eigenvalue weighted by Gasteiger charge is 2.18. The Morgan fingerprint density at radius 1 is 0.955 bits per heavy atom. The van der Waals surface area contributed by atoms with Crippen molar-refractivity contribution in [3.8, 4) is 0 Å². The lowest BCUT2D eigenvalue weighted by Gasteiger charge is -2.10. The van der Waals surface area contributed by atoms with Gasteiger partial charge in [0.25, 0.3) is 20.2 Å². The van der Waals surface area contributed by atoms with Gasteiger partial charge in [0.05, 0.1) is 0 Å². The Bertz CT molecular complexity index is 582. The molecule has 0 aromatic rings. The maximum Gasteiger partial charge on any atom is 0.322 e. The van der Waals surface area contributed by atoms with Crippen molar-refractivity contribution in [2.24, 2.45) is 5.73 Å². The van der Waals surface area contributed by atoms with Crippen LogP contribution in [-0.2, 0) is 39.3 Å². The van der Waals surface area contributed by atoms with E-state index in [1.54, 1.807) is 0 Å². The molecule has 0 heterocycles. The number of carbonyl (C=O) groups excluding carboxylic acids is 2. The van der Waals surface area contributed by atoms with Gasteiger partial charge in [-0.3, -0.25) is 18.7 Å². The van der Waals surface area contributed by atoms with Crippen LogP contribution in [0, 0.1) is 0 Å². The maximum absolute atomic E-state index is 11.3. The van der Waals surface area contributed by atoms with E-state index in [2.05, 4.69) is 9.47 Å². The average Bonchev–Trinajstić information content (AvgIpc) is 2.32. The van der Waals surface area contributed by atoms with Crippen LogP contribution in [0.5, 0.6) is 0 Å². The molecule has 0 unspecified atom stereocenters. The van der Waals surface area contributed by atoms with Gasteiger partial charge in [0.2, 0.25) is 0 Å². The molecule has 1 atom stereocenters. The summed E-state index contributed by atoms with van der Waals surface area (Å²) in [6.07, 6.45) is -0.477. The van der Waals surface area contributed by atoms with E-state index in [0.717, 1.165) is 0 Å². The van der Waals surface area contributed by atoms with Crippen molar-refractivity contribution in [1.29, 1.82) is 0 Å². The second-order valence-corrected chi connectivity index (χ2v) is 7.25. The topological polar surface area (TPSA) is 187 Å². The lowest BCUT2D eigenvalue weighted by atomic mass is 10.2. The Hall–Kier alpha value is -1.28. The fourth-order valence-electron chi connectivity index (χ4n) is 1.08. The van der Waals surface area contributed by atoms with Crippen LogP contribution in [-0.4, -0.2) is 68.6 Å². The fourth-order valence-corrected chi connectivity index (χ4v) is 1.67. The van der Waals surface area contributed by atoms with Gasteiger partial charge in [-0.05, 0) is 6.42 Å². The first-order valence-electron chi connectivity index (χ1n) is 5.89. The Morgan fingerprint density at radius 2 is 1.41 bits per heavy atom. The lowest BCUT2D eigenvalue weighted by molar-refractivity contribution is -0.146. The van der Waals surface area contributed by atoms with E-state index in [-0.39, 0.29) is 12.8 Å². The number of hydrogen-bond donors (Lipinski definition) is 3. The Kier molecular flexibility index (Phi) is 8.47. The maximum atomic E-state index is 11.3. The summed E-state index contributed by atoms with van der Waals surface area (Å²) in [5.74, 6) is -3.31. The third-order valence-electron chi connectivity index (χ3n) is 2.15. The highest BCUT2D eigenvalue weighted by atomic mass is 32.2. The highest BCUT2D eigenvalue weighted by molar-refractivity contribution is 7.86. The standard InChI is InChI=1S/C9H17NO10S2/c10-7(9(12)20-4-6-22(16,17)18)1-2-8(11)19-3-5-21(13,14)15/h7H,1-6,10H2,(H,13,14,15)(H,16,17,18)/t7-/m0/s1. The summed E-state index contributed by atoms with van der Waals surface area (Å²) < 4.78 is 67.2. The van der Waals surface area contributed by atoms with Gasteiger partial charge in [-0.1, -0.05) is 0 Å². The first-order valence-corrected chi connectivity index (χ1v) is 9.11. The molecule has 0 saturated heterocycles. The molecule has 0 spiro atoms. The summed E-state index contributed by atoms with van der Waals surface area (Å²) in [4.78, 5) is 22.5. The molecule has 0 amide bonds. The van der Waals surface area contributed by atoms with Crippen LogP contribution in [0.2, 0.25) is 0 Å². The molecule has 0 aromatic carbocycles. The fraction of sp³-hybridized carbons (Fsp3) is 0.778. The van der Waals surface area contributed by atoms with E-state index in [1.165, 1.54) is 0 Å². The van der Waals surface area contributed by atoms with Crippen molar-refractivity contribution in [2.45, 2.75) is 18.9 Å². The zero-order valence-corrected chi connectivity index (χ0v) is 13.0. The van der Waals surface area contributed by atoms with Crippen LogP contribution in [0.25, 0.3) is 0 Å². The molecule has 0 aliphatic heterocycles. The SMILES string of the molecule is N[C@@H](CCC(=O)OCCS(=O)(=O)O)C(=O)OCCS(=O)(=O)O. The van der Waals surface area contributed by atoms with E-state index >= 15 is 0 Å². The van der Waals surface area contributed by atoms with Gasteiger partial charge in [0.1, 0.15) is 30.8 Å². The van der Waals surface area contributed by atoms with E-state index in [4.69, 9.17) is 14.8 Å². The van der Waals surface area contributed by atoms with Crippen LogP contribution < -0.4 is 5.73 Å². The van der Waals surface area contributed by atoms with Crippen LogP contribution in [0.1, 0.15) is 12.8 Å². The molecule has 0 fully saturated rings. The molecule has 0 aliphatic carbocycles. The Balaban J connectivity index is 3.94. The molecule has 4 N–H and O–H groups in total. The van der Waals surface area contributed by atoms with Crippen molar-refractivity contribution in [2.75, 3.05) is 24.7 Å². The largest absolute Gasteiger partial charge is 0.464 e. The number of esters is 2. The molecule has 0 rings (SSSR count). The van der Waals surface area contributed by atoms with Gasteiger partial charge in [-0.25, -0.2) is 0 Å². The van der Waals surface area contributed by atoms with Gasteiger partial charge >= 0.3 is 11.9 Å². The van der Waals surface area contributed by atoms with Gasteiger partial charge in [-0.2, -0.15) is 16.8 Å². The van der Waals surface area contributed by atoms with Gasteiger partial charge in [0.15, 0.2) is 0 Å². The second-order valence-electron chi connectivity index (χ2n) is 4.11. The van der Waals surface area contributed by atoms with Gasteiger partial charge in [-0.15, -0.1) is 0 Å². The van der Waals surface area contributed by atoms with Crippen LogP contribution in [0.3, 0.4) is 0 Å². The van der Waals surface area contributed by atoms with Gasteiger partial charge in [0, 0.05) is 6.42 Å². The zero-order chi connectivity index (χ0) is 17.4. The zero-order valence-electron chi connectivity index (χ0n) is 11.4. The van der Waals surface area contributed by atoms with E-state index in [9.17, 15) is 26.4 Å². The summed E-state index contributed by atoms with van der Waals surface area (Å²) in [6, 6.07) is -1.21. The third kappa shape index (κ3) is 12.5. The summed E-state index contributed by atoms with van der Waals surface area (Å²) in [6.45, 7) is -1.12. The number of carbonyl (C=O) groups is 2. The van der Waals surface area contributed by atoms with E-state index < -0.39 is 62.9 Å². The quantitative estimate of drug-likeness (QED) is 0.286. The van der Waals surface area contributed by atoms with E-state index in [1.807, 2.05) is 0 Å². The minimum absolute atomic E-state index is 0.171. The van der Waals surface area contributed by atoms with Crippen molar-refractivity contribution < 1.29 is 45.0 Å². The van der Waals surface area contributed by atoms with Gasteiger partial charge < -0.3 is 15.2 Å². The van der Waals surface area contributed by atoms with Crippen LogP contribution in [0.4, 0.5) is 0 Å². The minimum Gasteiger partial charge on any atom is -0.464 e. The highest BCUT2D eigenvalue weighted by Crippen LogP contribution is 2.00. The number of nitrogens with two attached hydrogens (primary N) is 1. The van der Waals surface area contributed by atoms with Crippen LogP contribution >= 0.6 is 0 Å². The molecular weight excluding hydrogens is 346 g/mol. The predicted octanol–water partition coefficient (Wildman–Crippen LogP) is -2.04. The number of rotatable bonds is 10. The third-order valence-corrected chi connectivity index (χ3v) is 3.52. The molecule has 0 bridgehead atoms. The molecule has 0 aliphatic rings. The molecule has 0 saturated carbocycles. The molecule has 13 heteroatoms. The minimum atomic E-state index is -4.26. The summed E-state index contributed by atoms with van der Waals surface area (Å²) >= 11 is 0. The normalized spacial score (nSPS) is 13.4. The molecular formula is C9H17NO10S2. The average molecular weight is 363 g/mol. The van der Waals surface area contributed by atoms with Crippen molar-refractivity contribution >= 4 is 32.2 Å². The Labute approximate surface area is 127 Å². The first kappa shape index (κ1) is 20.7. The molecule has 130 valence electrons. The van der Waals surface area contributed by atoms with Crippen molar-refractivity contribution in [1.82, 2.24) is 0 Å². The molecule has 0 aromatic heterocycles. The first-order chi connectivity index (χ1) is 9.91. The summed E-state index contributed by atoms with van der Waals surface area (Å²) in [7, 11) is -8.49. The van der Waals surface area contributed by atoms with Crippen molar-refractivity contribution in [3.05, 3.63) is 0 Å². The summed E-state index contributed by atoms with van der Waals surface area (Å²) in [5, 5.41) is 0. The smallest absolute Gasteiger partial charge is 0.322 e. The molecule has 0 radical (unpaired) electrons. The number of ether oxygens (including phenoxy) is 2. The molecule has 22 heavy (non-hydrogen) atoms. The van der Waals surface area contributed by atoms with Crippen molar-refractivity contribution in [3.63, 3.8) is 0 Å². The Morgan fingerprint density at radius 3 is 1.86 bits per heavy atom. The lowest BCUT2D eigenvalue weighted by Crippen LogP contribution is -2.34. The van der Waals surface area contributed by atoms with E-state index in [0.29, 0.717) is 0 Å².